The summed E-state index contributed by atoms with van der Waals surface area (Å²) >= 11 is 5.85. The molecule has 2 aromatic rings. The van der Waals surface area contributed by atoms with E-state index in [0.29, 0.717) is 11.1 Å². The predicted molar refractivity (Wildman–Crippen MR) is 95.4 cm³/mol. The van der Waals surface area contributed by atoms with Crippen LogP contribution in [0.5, 0.6) is 0 Å². The first kappa shape index (κ1) is 20.6. The number of sulfonamides is 1. The van der Waals surface area contributed by atoms with Gasteiger partial charge in [-0.05, 0) is 30.3 Å². The fraction of sp³-hybridized carbons (Fsp3) is 0.294. The number of hydrogen-bond donors (Lipinski definition) is 0. The third-order valence-corrected chi connectivity index (χ3v) is 6.40. The van der Waals surface area contributed by atoms with E-state index < -0.39 is 32.6 Å². The Hall–Kier alpha value is -2.17. The number of pyridine rings is 1. The molecule has 1 fully saturated rings. The summed E-state index contributed by atoms with van der Waals surface area (Å²) in [6.45, 7) is 0.103. The molecule has 1 amide bonds. The third kappa shape index (κ3) is 4.29. The summed E-state index contributed by atoms with van der Waals surface area (Å²) in [5.74, 6) is -0.390. The van der Waals surface area contributed by atoms with E-state index in [-0.39, 0.29) is 31.9 Å². The van der Waals surface area contributed by atoms with Crippen molar-refractivity contribution in [3.05, 3.63) is 58.9 Å². The van der Waals surface area contributed by atoms with Crippen molar-refractivity contribution in [2.24, 2.45) is 0 Å². The number of carbonyl (C=O) groups is 1. The Bertz CT molecular complexity index is 990. The first-order valence-electron chi connectivity index (χ1n) is 8.17. The summed E-state index contributed by atoms with van der Waals surface area (Å²) in [6, 6.07) is 6.54. The molecule has 0 saturated carbocycles. The monoisotopic (exact) mass is 433 g/mol. The molecule has 2 heterocycles. The van der Waals surface area contributed by atoms with Crippen LogP contribution < -0.4 is 0 Å². The van der Waals surface area contributed by atoms with Crippen LogP contribution in [0, 0.1) is 0 Å². The molecule has 0 unspecified atom stereocenters. The van der Waals surface area contributed by atoms with Crippen molar-refractivity contribution in [3.63, 3.8) is 0 Å². The quantitative estimate of drug-likeness (QED) is 0.746. The molecule has 150 valence electrons. The topological polar surface area (TPSA) is 70.6 Å². The van der Waals surface area contributed by atoms with Gasteiger partial charge >= 0.3 is 6.18 Å². The van der Waals surface area contributed by atoms with Crippen LogP contribution >= 0.6 is 11.6 Å². The Kier molecular flexibility index (Phi) is 5.64. The van der Waals surface area contributed by atoms with E-state index in [1.165, 1.54) is 23.2 Å². The maximum atomic E-state index is 12.9. The van der Waals surface area contributed by atoms with Crippen molar-refractivity contribution in [1.82, 2.24) is 14.2 Å². The standard InChI is InChI=1S/C17H15ClF3N3O3S/c18-13-4-5-22-15(11-13)16(25)23-6-8-24(9-7-23)28(26,27)14-3-1-2-12(10-14)17(19,20)21/h1-5,10-11H,6-9H2. The van der Waals surface area contributed by atoms with Gasteiger partial charge in [0.05, 0.1) is 10.5 Å². The second-order valence-corrected chi connectivity index (χ2v) is 8.46. The average molecular weight is 434 g/mol. The number of alkyl halides is 3. The smallest absolute Gasteiger partial charge is 0.335 e. The van der Waals surface area contributed by atoms with E-state index in [1.807, 2.05) is 0 Å². The lowest BCUT2D eigenvalue weighted by Crippen LogP contribution is -2.50. The highest BCUT2D eigenvalue weighted by atomic mass is 35.5. The van der Waals surface area contributed by atoms with E-state index in [1.54, 1.807) is 0 Å². The highest BCUT2D eigenvalue weighted by Gasteiger charge is 2.34. The zero-order valence-corrected chi connectivity index (χ0v) is 15.9. The molecule has 11 heteroatoms. The minimum Gasteiger partial charge on any atom is -0.335 e. The summed E-state index contributed by atoms with van der Waals surface area (Å²) in [7, 11) is -4.11. The fourth-order valence-corrected chi connectivity index (χ4v) is 4.43. The van der Waals surface area contributed by atoms with Crippen molar-refractivity contribution in [2.75, 3.05) is 26.2 Å². The number of hydrogen-bond acceptors (Lipinski definition) is 4. The van der Waals surface area contributed by atoms with E-state index >= 15 is 0 Å². The van der Waals surface area contributed by atoms with Gasteiger partial charge in [-0.3, -0.25) is 9.78 Å². The van der Waals surface area contributed by atoms with Crippen LogP contribution in [0.15, 0.2) is 47.5 Å². The molecule has 1 aliphatic heterocycles. The Morgan fingerprint density at radius 2 is 1.75 bits per heavy atom. The van der Waals surface area contributed by atoms with Gasteiger partial charge in [-0.2, -0.15) is 17.5 Å². The van der Waals surface area contributed by atoms with Crippen molar-refractivity contribution in [2.45, 2.75) is 11.1 Å². The number of carbonyl (C=O) groups excluding carboxylic acids is 1. The van der Waals surface area contributed by atoms with E-state index in [4.69, 9.17) is 11.6 Å². The summed E-state index contributed by atoms with van der Waals surface area (Å²) < 4.78 is 65.0. The van der Waals surface area contributed by atoms with Crippen LogP contribution in [-0.4, -0.2) is 54.7 Å². The van der Waals surface area contributed by atoms with Crippen LogP contribution in [0.2, 0.25) is 5.02 Å². The van der Waals surface area contributed by atoms with Crippen molar-refractivity contribution >= 4 is 27.5 Å². The van der Waals surface area contributed by atoms with Gasteiger partial charge in [0, 0.05) is 37.4 Å². The summed E-state index contributed by atoms with van der Waals surface area (Å²) in [4.78, 5) is 17.4. The Labute approximate surface area is 164 Å². The highest BCUT2D eigenvalue weighted by Crippen LogP contribution is 2.31. The van der Waals surface area contributed by atoms with Crippen LogP contribution in [0.4, 0.5) is 13.2 Å². The number of rotatable bonds is 3. The molecule has 0 N–H and O–H groups in total. The van der Waals surface area contributed by atoms with E-state index in [2.05, 4.69) is 4.98 Å². The van der Waals surface area contributed by atoms with E-state index in [0.717, 1.165) is 22.5 Å². The molecule has 0 radical (unpaired) electrons. The number of halogens is 4. The van der Waals surface area contributed by atoms with Gasteiger partial charge in [-0.25, -0.2) is 8.42 Å². The Morgan fingerprint density at radius 3 is 2.36 bits per heavy atom. The maximum Gasteiger partial charge on any atom is 0.416 e. The van der Waals surface area contributed by atoms with Crippen molar-refractivity contribution in [1.29, 1.82) is 0 Å². The van der Waals surface area contributed by atoms with Gasteiger partial charge in [0.15, 0.2) is 0 Å². The van der Waals surface area contributed by atoms with Gasteiger partial charge in [0.25, 0.3) is 5.91 Å². The molecule has 0 atom stereocenters. The second-order valence-electron chi connectivity index (χ2n) is 6.08. The molecular formula is C17H15ClF3N3O3S. The summed E-state index contributed by atoms with van der Waals surface area (Å²) in [5.41, 5.74) is -0.892. The number of amides is 1. The van der Waals surface area contributed by atoms with Crippen LogP contribution in [-0.2, 0) is 16.2 Å². The normalized spacial score (nSPS) is 16.2. The molecule has 0 aliphatic carbocycles. The second kappa shape index (κ2) is 7.69. The van der Waals surface area contributed by atoms with Gasteiger partial charge < -0.3 is 4.90 Å². The molecule has 3 rings (SSSR count). The number of benzene rings is 1. The van der Waals surface area contributed by atoms with Crippen molar-refractivity contribution in [3.8, 4) is 0 Å². The van der Waals surface area contributed by atoms with Gasteiger partial charge in [0.2, 0.25) is 10.0 Å². The van der Waals surface area contributed by atoms with Gasteiger partial charge in [-0.15, -0.1) is 0 Å². The predicted octanol–water partition coefficient (Wildman–Crippen LogP) is 2.90. The molecule has 1 aromatic heterocycles. The third-order valence-electron chi connectivity index (χ3n) is 4.27. The molecule has 0 spiro atoms. The summed E-state index contributed by atoms with van der Waals surface area (Å²) in [6.07, 6.45) is -3.25. The largest absolute Gasteiger partial charge is 0.416 e. The molecule has 1 aromatic carbocycles. The lowest BCUT2D eigenvalue weighted by molar-refractivity contribution is -0.137. The molecule has 6 nitrogen and oxygen atoms in total. The van der Waals surface area contributed by atoms with Gasteiger partial charge in [-0.1, -0.05) is 17.7 Å². The van der Waals surface area contributed by atoms with Crippen LogP contribution in [0.3, 0.4) is 0 Å². The number of piperazine rings is 1. The SMILES string of the molecule is O=C(c1cc(Cl)ccn1)N1CCN(S(=O)(=O)c2cccc(C(F)(F)F)c2)CC1. The molecule has 0 bridgehead atoms. The van der Waals surface area contributed by atoms with Crippen LogP contribution in [0.25, 0.3) is 0 Å². The first-order valence-corrected chi connectivity index (χ1v) is 9.99. The lowest BCUT2D eigenvalue weighted by Gasteiger charge is -2.33. The fourth-order valence-electron chi connectivity index (χ4n) is 2.80. The Balaban J connectivity index is 1.73. The minimum atomic E-state index is -4.64. The maximum absolute atomic E-state index is 12.9. The zero-order chi connectivity index (χ0) is 20.5. The minimum absolute atomic E-state index is 0.0368. The average Bonchev–Trinajstić information content (AvgIpc) is 2.67. The lowest BCUT2D eigenvalue weighted by atomic mass is 10.2. The van der Waals surface area contributed by atoms with Crippen LogP contribution in [0.1, 0.15) is 16.1 Å². The van der Waals surface area contributed by atoms with Gasteiger partial charge in [0.1, 0.15) is 5.69 Å². The first-order chi connectivity index (χ1) is 13.1. The molecular weight excluding hydrogens is 419 g/mol. The molecule has 1 saturated heterocycles. The van der Waals surface area contributed by atoms with Crippen molar-refractivity contribution < 1.29 is 26.4 Å². The zero-order valence-electron chi connectivity index (χ0n) is 14.4. The Morgan fingerprint density at radius 1 is 1.07 bits per heavy atom. The number of nitrogens with zero attached hydrogens (tertiary/aromatic N) is 3. The summed E-state index contributed by atoms with van der Waals surface area (Å²) in [5, 5.41) is 0.351. The highest BCUT2D eigenvalue weighted by molar-refractivity contribution is 7.89. The van der Waals surface area contributed by atoms with E-state index in [9.17, 15) is 26.4 Å². The number of aromatic nitrogens is 1. The molecule has 28 heavy (non-hydrogen) atoms. The molecule has 1 aliphatic rings.